The summed E-state index contributed by atoms with van der Waals surface area (Å²) < 4.78 is 0.102. The van der Waals surface area contributed by atoms with Crippen LogP contribution in [-0.4, -0.2) is 14.5 Å². The molecule has 0 rings (SSSR count). The van der Waals surface area contributed by atoms with Crippen LogP contribution in [0.15, 0.2) is 0 Å². The molecule has 0 unspecified atom stereocenters. The second-order valence-electron chi connectivity index (χ2n) is 0.958. The summed E-state index contributed by atoms with van der Waals surface area (Å²) >= 11 is 12.4. The third-order valence-corrected chi connectivity index (χ3v) is 1.03. The summed E-state index contributed by atoms with van der Waals surface area (Å²) in [6.07, 6.45) is 0. The molecule has 46 valence electrons. The number of nitrogens with zero attached hydrogens (tertiary/aromatic N) is 1. The summed E-state index contributed by atoms with van der Waals surface area (Å²) in [4.78, 5) is 0. The summed E-state index contributed by atoms with van der Waals surface area (Å²) in [6, 6.07) is 0. The first-order chi connectivity index (χ1) is 3.55. The van der Waals surface area contributed by atoms with Crippen LogP contribution in [0.25, 0.3) is 0 Å². The Morgan fingerprint density at radius 1 is 1.78 bits per heavy atom. The van der Waals surface area contributed by atoms with Gasteiger partial charge in [-0.15, -0.1) is 12.6 Å². The Bertz CT molecular complexity index is 112. The number of thiol groups is 1. The molecule has 0 aliphatic carbocycles. The molecular weight excluding hydrogens is 201 g/mol. The second-order valence-corrected chi connectivity index (χ2v) is 2.46. The fourth-order valence-corrected chi connectivity index (χ4v) is 0.495. The third-order valence-electron chi connectivity index (χ3n) is 0.425. The fraction of sp³-hybridized carbons (Fsp3) is 0. The van der Waals surface area contributed by atoms with Crippen LogP contribution in [0.3, 0.4) is 0 Å². The summed E-state index contributed by atoms with van der Waals surface area (Å²) in [5, 5.41) is 7.31. The monoisotopic (exact) mass is 205 g/mol. The van der Waals surface area contributed by atoms with Crippen molar-refractivity contribution in [3.63, 3.8) is 0 Å². The molecule has 0 atom stereocenters. The molecule has 0 bridgehead atoms. The van der Waals surface area contributed by atoms with Crippen LogP contribution in [0.2, 0.25) is 0 Å². The molecule has 3 N–H and O–H groups in total. The van der Waals surface area contributed by atoms with Crippen LogP contribution in [0.5, 0.6) is 0 Å². The van der Waals surface area contributed by atoms with Gasteiger partial charge in [-0.2, -0.15) is 0 Å². The van der Waals surface area contributed by atoms with Gasteiger partial charge in [0.05, 0.1) is 0 Å². The van der Waals surface area contributed by atoms with E-state index in [9.17, 15) is 0 Å². The van der Waals surface area contributed by atoms with Gasteiger partial charge in [0, 0.05) is 0 Å². The summed E-state index contributed by atoms with van der Waals surface area (Å²) in [7, 11) is 0. The largest absolute Gasteiger partial charge is 1.00 e. The van der Waals surface area contributed by atoms with E-state index in [1.807, 2.05) is 0 Å². The summed E-state index contributed by atoms with van der Waals surface area (Å²) in [5.74, 6) is 5.05. The first-order valence-electron chi connectivity index (χ1n) is 1.59. The Kier molecular flexibility index (Phi) is 9.53. The van der Waals surface area contributed by atoms with Gasteiger partial charge in [0.1, 0.15) is 0 Å². The Morgan fingerprint density at radius 2 is 2.11 bits per heavy atom. The van der Waals surface area contributed by atoms with Crippen molar-refractivity contribution in [1.82, 2.24) is 5.01 Å². The Hall–Kier alpha value is 1.73. The third kappa shape index (κ3) is 6.14. The molecule has 0 fully saturated rings. The van der Waals surface area contributed by atoms with Crippen molar-refractivity contribution >= 4 is 47.0 Å². The normalized spacial score (nSPS) is 7.33. The number of hydrogen-bond donors (Lipinski definition) is 3. The van der Waals surface area contributed by atoms with Crippen molar-refractivity contribution in [3.8, 4) is 0 Å². The molecule has 0 amide bonds. The molecule has 0 heterocycles. The van der Waals surface area contributed by atoms with Gasteiger partial charge in [0.15, 0.2) is 4.32 Å². The van der Waals surface area contributed by atoms with Crippen molar-refractivity contribution in [2.24, 2.45) is 5.84 Å². The van der Waals surface area contributed by atoms with Crippen LogP contribution in [-0.2, 0) is 12.6 Å². The Labute approximate surface area is 112 Å². The molecule has 0 spiro atoms. The van der Waals surface area contributed by atoms with E-state index in [1.165, 1.54) is 0 Å². The van der Waals surface area contributed by atoms with Crippen LogP contribution in [0, 0.1) is 5.41 Å². The maximum Gasteiger partial charge on any atom is 1.00 e. The Balaban J connectivity index is 0. The number of hydrazine groups is 1. The van der Waals surface area contributed by atoms with Gasteiger partial charge in [0.2, 0.25) is 0 Å². The van der Waals surface area contributed by atoms with Crippen molar-refractivity contribution in [2.45, 2.75) is 0 Å². The maximum atomic E-state index is 6.71. The quantitative estimate of drug-likeness (QED) is 0.0572. The van der Waals surface area contributed by atoms with Gasteiger partial charge in [-0.05, 0) is 5.17 Å². The summed E-state index contributed by atoms with van der Waals surface area (Å²) in [6.45, 7) is 0. The van der Waals surface area contributed by atoms with Gasteiger partial charge in [0.25, 0.3) is 0 Å². The van der Waals surface area contributed by atoms with E-state index in [-0.39, 0.29) is 60.9 Å². The number of amidine groups is 1. The molecule has 0 aliphatic heterocycles. The molecular formula is C2H4KN3S3. The van der Waals surface area contributed by atoms with Crippen molar-refractivity contribution < 1.29 is 51.4 Å². The summed E-state index contributed by atoms with van der Waals surface area (Å²) in [5.41, 5.74) is 0. The molecule has 0 aromatic carbocycles. The van der Waals surface area contributed by atoms with Crippen LogP contribution >= 0.6 is 24.8 Å². The van der Waals surface area contributed by atoms with E-state index in [4.69, 9.17) is 11.3 Å². The molecule has 0 aliphatic rings. The number of nitrogens with one attached hydrogen (secondary N) is 1. The molecule has 0 radical (unpaired) electrons. The van der Waals surface area contributed by atoms with E-state index in [0.717, 1.165) is 5.01 Å². The van der Waals surface area contributed by atoms with E-state index in [1.54, 1.807) is 0 Å². The number of hydrogen-bond acceptors (Lipinski definition) is 4. The SMILES string of the molecule is N=C([S-])N(N)C(=S)S.[K+]. The first-order valence-corrected chi connectivity index (χ1v) is 2.85. The first kappa shape index (κ1) is 13.3. The fourth-order valence-electron chi connectivity index (χ4n) is 0.0869. The number of nitrogens with two attached hydrogens (primary N) is 1. The van der Waals surface area contributed by atoms with E-state index >= 15 is 0 Å². The van der Waals surface area contributed by atoms with E-state index in [0.29, 0.717) is 0 Å². The van der Waals surface area contributed by atoms with Gasteiger partial charge in [-0.1, -0.05) is 12.2 Å². The molecule has 3 nitrogen and oxygen atoms in total. The van der Waals surface area contributed by atoms with Crippen molar-refractivity contribution in [1.29, 1.82) is 5.41 Å². The van der Waals surface area contributed by atoms with Crippen LogP contribution in [0.4, 0.5) is 0 Å². The van der Waals surface area contributed by atoms with Gasteiger partial charge < -0.3 is 18.0 Å². The number of rotatable bonds is 0. The minimum absolute atomic E-state index is 0. The zero-order chi connectivity index (χ0) is 6.73. The molecule has 7 heteroatoms. The predicted molar refractivity (Wildman–Crippen MR) is 42.7 cm³/mol. The van der Waals surface area contributed by atoms with E-state index < -0.39 is 0 Å². The zero-order valence-corrected chi connectivity index (χ0v) is 10.4. The average Bonchev–Trinajstić information content (AvgIpc) is 1.64. The van der Waals surface area contributed by atoms with Crippen LogP contribution < -0.4 is 57.2 Å². The predicted octanol–water partition coefficient (Wildman–Crippen LogP) is -3.14. The molecule has 0 aromatic heterocycles. The molecule has 0 aromatic rings. The number of thiocarbonyl (C=S) groups is 1. The minimum Gasteiger partial charge on any atom is -0.741 e. The maximum absolute atomic E-state index is 6.71. The van der Waals surface area contributed by atoms with Gasteiger partial charge in [-0.25, -0.2) is 5.84 Å². The molecule has 0 saturated heterocycles. The van der Waals surface area contributed by atoms with Crippen LogP contribution in [0.1, 0.15) is 0 Å². The van der Waals surface area contributed by atoms with Gasteiger partial charge in [-0.3, -0.25) is 5.01 Å². The topological polar surface area (TPSA) is 53.1 Å². The van der Waals surface area contributed by atoms with E-state index in [2.05, 4.69) is 37.5 Å². The smallest absolute Gasteiger partial charge is 0.741 e. The minimum atomic E-state index is -0.231. The average molecular weight is 205 g/mol. The van der Waals surface area contributed by atoms with Gasteiger partial charge >= 0.3 is 51.4 Å². The Morgan fingerprint density at radius 3 is 2.11 bits per heavy atom. The molecule has 0 saturated carbocycles. The van der Waals surface area contributed by atoms with Crippen molar-refractivity contribution in [3.05, 3.63) is 0 Å². The standard InChI is InChI=1S/C2H5N3S3.K/c3-1(6)5(4)2(7)8;/h4H2,(H2,3,6)(H,7,8);/q;+1/p-1. The second kappa shape index (κ2) is 6.44. The zero-order valence-electron chi connectivity index (χ0n) is 4.79. The van der Waals surface area contributed by atoms with Crippen molar-refractivity contribution in [2.75, 3.05) is 0 Å². The molecule has 9 heavy (non-hydrogen) atoms.